The summed E-state index contributed by atoms with van der Waals surface area (Å²) in [7, 11) is 0. The first kappa shape index (κ1) is 16.5. The summed E-state index contributed by atoms with van der Waals surface area (Å²) < 4.78 is 1.98. The summed E-state index contributed by atoms with van der Waals surface area (Å²) in [5, 5.41) is 11.2. The van der Waals surface area contributed by atoms with E-state index in [2.05, 4.69) is 15.5 Å². The van der Waals surface area contributed by atoms with Crippen molar-refractivity contribution in [1.82, 2.24) is 25.0 Å². The fraction of sp³-hybridized carbons (Fsp3) is 0.375. The van der Waals surface area contributed by atoms with E-state index in [9.17, 15) is 9.59 Å². The van der Waals surface area contributed by atoms with E-state index in [1.165, 1.54) is 16.7 Å². The first-order valence-electron chi connectivity index (χ1n) is 7.76. The molecule has 0 radical (unpaired) electrons. The second-order valence-electron chi connectivity index (χ2n) is 5.58. The number of benzene rings is 1. The summed E-state index contributed by atoms with van der Waals surface area (Å²) in [5.74, 6) is 0.585. The number of carbonyl (C=O) groups is 2. The van der Waals surface area contributed by atoms with Gasteiger partial charge in [-0.3, -0.25) is 9.69 Å². The molecule has 3 rings (SSSR count). The van der Waals surface area contributed by atoms with Gasteiger partial charge >= 0.3 is 6.03 Å². The van der Waals surface area contributed by atoms with Crippen LogP contribution in [-0.2, 0) is 11.3 Å². The molecule has 1 aliphatic rings. The standard InChI is InChI=1S/C16H19N5O2S/c1-11(14(22)20-9-8-17-15(20)23)24-16-19-18-12(2)21(16)10-13-6-4-3-5-7-13/h3-7,11H,8-10H2,1-2H3,(H,17,23)/t11-/m1/s1. The lowest BCUT2D eigenvalue weighted by Gasteiger charge is -2.17. The van der Waals surface area contributed by atoms with Crippen LogP contribution in [0, 0.1) is 6.92 Å². The van der Waals surface area contributed by atoms with E-state index < -0.39 is 5.25 Å². The Balaban J connectivity index is 1.73. The maximum atomic E-state index is 12.4. The van der Waals surface area contributed by atoms with Crippen LogP contribution >= 0.6 is 11.8 Å². The molecule has 1 atom stereocenters. The summed E-state index contributed by atoms with van der Waals surface area (Å²) >= 11 is 1.33. The zero-order valence-electron chi connectivity index (χ0n) is 13.6. The molecule has 1 saturated heterocycles. The van der Waals surface area contributed by atoms with Gasteiger partial charge in [0.15, 0.2) is 5.16 Å². The Morgan fingerprint density at radius 2 is 2.08 bits per heavy atom. The van der Waals surface area contributed by atoms with Crippen LogP contribution in [0.2, 0.25) is 0 Å². The Morgan fingerprint density at radius 3 is 2.75 bits per heavy atom. The van der Waals surface area contributed by atoms with Crippen molar-refractivity contribution in [3.05, 3.63) is 41.7 Å². The monoisotopic (exact) mass is 345 g/mol. The Bertz CT molecular complexity index is 746. The van der Waals surface area contributed by atoms with Crippen LogP contribution in [0.15, 0.2) is 35.5 Å². The molecule has 8 heteroatoms. The summed E-state index contributed by atoms with van der Waals surface area (Å²) in [6, 6.07) is 9.70. The number of carbonyl (C=O) groups excluding carboxylic acids is 2. The van der Waals surface area contributed by atoms with Gasteiger partial charge in [0.05, 0.1) is 11.8 Å². The number of aromatic nitrogens is 3. The van der Waals surface area contributed by atoms with Crippen LogP contribution in [0.5, 0.6) is 0 Å². The van der Waals surface area contributed by atoms with Gasteiger partial charge in [0.2, 0.25) is 5.91 Å². The van der Waals surface area contributed by atoms with Crippen LogP contribution in [0.4, 0.5) is 4.79 Å². The van der Waals surface area contributed by atoms with Crippen molar-refractivity contribution in [3.63, 3.8) is 0 Å². The van der Waals surface area contributed by atoms with Gasteiger partial charge in [-0.05, 0) is 19.4 Å². The Kier molecular flexibility index (Phi) is 4.84. The number of nitrogens with zero attached hydrogens (tertiary/aromatic N) is 4. The Hall–Kier alpha value is -2.35. The zero-order chi connectivity index (χ0) is 17.1. The second-order valence-corrected chi connectivity index (χ2v) is 6.89. The third kappa shape index (κ3) is 3.43. The highest BCUT2D eigenvalue weighted by atomic mass is 32.2. The molecule has 0 saturated carbocycles. The highest BCUT2D eigenvalue weighted by molar-refractivity contribution is 8.00. The van der Waals surface area contributed by atoms with Crippen LogP contribution in [-0.4, -0.2) is 49.9 Å². The molecule has 0 unspecified atom stereocenters. The van der Waals surface area contributed by atoms with E-state index >= 15 is 0 Å². The average Bonchev–Trinajstić information content (AvgIpc) is 3.15. The van der Waals surface area contributed by atoms with E-state index in [4.69, 9.17) is 0 Å². The lowest BCUT2D eigenvalue weighted by atomic mass is 10.2. The molecule has 2 aromatic rings. The number of hydrogen-bond acceptors (Lipinski definition) is 5. The molecule has 24 heavy (non-hydrogen) atoms. The number of urea groups is 1. The molecule has 1 aromatic heterocycles. The smallest absolute Gasteiger partial charge is 0.324 e. The minimum absolute atomic E-state index is 0.207. The Labute approximate surface area is 144 Å². The largest absolute Gasteiger partial charge is 0.336 e. The van der Waals surface area contributed by atoms with Gasteiger partial charge in [-0.2, -0.15) is 0 Å². The lowest BCUT2D eigenvalue weighted by Crippen LogP contribution is -2.39. The van der Waals surface area contributed by atoms with E-state index in [1.807, 2.05) is 41.8 Å². The molecule has 0 bridgehead atoms. The van der Waals surface area contributed by atoms with Gasteiger partial charge in [-0.15, -0.1) is 10.2 Å². The minimum Gasteiger partial charge on any atom is -0.336 e. The molecule has 2 heterocycles. The normalized spacial score (nSPS) is 15.4. The van der Waals surface area contributed by atoms with E-state index in [-0.39, 0.29) is 11.9 Å². The van der Waals surface area contributed by atoms with Crippen LogP contribution < -0.4 is 5.32 Å². The quantitative estimate of drug-likeness (QED) is 0.834. The topological polar surface area (TPSA) is 80.1 Å². The predicted molar refractivity (Wildman–Crippen MR) is 90.7 cm³/mol. The first-order chi connectivity index (χ1) is 11.6. The van der Waals surface area contributed by atoms with Crippen LogP contribution in [0.25, 0.3) is 0 Å². The fourth-order valence-electron chi connectivity index (χ4n) is 2.51. The summed E-state index contributed by atoms with van der Waals surface area (Å²) in [6.45, 7) is 5.24. The highest BCUT2D eigenvalue weighted by Crippen LogP contribution is 2.25. The molecule has 1 aromatic carbocycles. The molecule has 0 aliphatic carbocycles. The summed E-state index contributed by atoms with van der Waals surface area (Å²) in [4.78, 5) is 25.3. The number of nitrogens with one attached hydrogen (secondary N) is 1. The van der Waals surface area contributed by atoms with Crippen molar-refractivity contribution < 1.29 is 9.59 Å². The van der Waals surface area contributed by atoms with E-state index in [0.717, 1.165) is 11.4 Å². The van der Waals surface area contributed by atoms with Crippen LogP contribution in [0.1, 0.15) is 18.3 Å². The SMILES string of the molecule is Cc1nnc(S[C@H](C)C(=O)N2CCNC2=O)n1Cc1ccccc1. The maximum Gasteiger partial charge on any atom is 0.324 e. The lowest BCUT2D eigenvalue weighted by molar-refractivity contribution is -0.126. The van der Waals surface area contributed by atoms with Gasteiger partial charge in [0.1, 0.15) is 5.82 Å². The zero-order valence-corrected chi connectivity index (χ0v) is 14.4. The third-order valence-corrected chi connectivity index (χ3v) is 4.91. The number of thioether (sulfide) groups is 1. The molecular weight excluding hydrogens is 326 g/mol. The molecule has 1 aliphatic heterocycles. The molecule has 1 N–H and O–H groups in total. The van der Waals surface area contributed by atoms with Gasteiger partial charge < -0.3 is 9.88 Å². The van der Waals surface area contributed by atoms with Crippen molar-refractivity contribution in [2.75, 3.05) is 13.1 Å². The third-order valence-electron chi connectivity index (χ3n) is 3.84. The van der Waals surface area contributed by atoms with Crippen molar-refractivity contribution in [3.8, 4) is 0 Å². The van der Waals surface area contributed by atoms with Crippen molar-refractivity contribution >= 4 is 23.7 Å². The van der Waals surface area contributed by atoms with Gasteiger partial charge in [-0.25, -0.2) is 4.79 Å². The van der Waals surface area contributed by atoms with E-state index in [1.54, 1.807) is 6.92 Å². The van der Waals surface area contributed by atoms with Gasteiger partial charge in [0, 0.05) is 13.1 Å². The predicted octanol–water partition coefficient (Wildman–Crippen LogP) is 1.67. The minimum atomic E-state index is -0.410. The van der Waals surface area contributed by atoms with Crippen molar-refractivity contribution in [2.24, 2.45) is 0 Å². The molecule has 126 valence electrons. The molecule has 3 amide bonds. The number of imide groups is 1. The Morgan fingerprint density at radius 1 is 1.33 bits per heavy atom. The van der Waals surface area contributed by atoms with Crippen molar-refractivity contribution in [2.45, 2.75) is 30.8 Å². The summed E-state index contributed by atoms with van der Waals surface area (Å²) in [6.07, 6.45) is 0. The van der Waals surface area contributed by atoms with Gasteiger partial charge in [0.25, 0.3) is 0 Å². The number of rotatable bonds is 5. The van der Waals surface area contributed by atoms with Crippen molar-refractivity contribution in [1.29, 1.82) is 0 Å². The number of hydrogen-bond donors (Lipinski definition) is 1. The average molecular weight is 345 g/mol. The highest BCUT2D eigenvalue weighted by Gasteiger charge is 2.31. The first-order valence-corrected chi connectivity index (χ1v) is 8.64. The molecule has 7 nitrogen and oxygen atoms in total. The van der Waals surface area contributed by atoms with Gasteiger partial charge in [-0.1, -0.05) is 42.1 Å². The number of aryl methyl sites for hydroxylation is 1. The van der Waals surface area contributed by atoms with E-state index in [0.29, 0.717) is 24.8 Å². The molecule has 0 spiro atoms. The maximum absolute atomic E-state index is 12.4. The summed E-state index contributed by atoms with van der Waals surface area (Å²) in [5.41, 5.74) is 1.14. The molecular formula is C16H19N5O2S. The second kappa shape index (κ2) is 7.04. The molecule has 1 fully saturated rings. The van der Waals surface area contributed by atoms with Crippen LogP contribution in [0.3, 0.4) is 0 Å². The fourth-order valence-corrected chi connectivity index (χ4v) is 3.46. The number of amides is 3.